The summed E-state index contributed by atoms with van der Waals surface area (Å²) >= 11 is 0. The average molecular weight is 588 g/mol. The normalized spacial score (nSPS) is 17.4. The van der Waals surface area contributed by atoms with Crippen LogP contribution in [0.4, 0.5) is 8.78 Å². The molecule has 11 nitrogen and oxygen atoms in total. The summed E-state index contributed by atoms with van der Waals surface area (Å²) in [5, 5.41) is 15.8. The highest BCUT2D eigenvalue weighted by molar-refractivity contribution is 6.05. The molecule has 0 radical (unpaired) electrons. The third kappa shape index (κ3) is 5.17. The van der Waals surface area contributed by atoms with Crippen molar-refractivity contribution in [1.29, 1.82) is 0 Å². The van der Waals surface area contributed by atoms with Crippen LogP contribution >= 0.6 is 0 Å². The molecule has 5 aromatic rings. The van der Waals surface area contributed by atoms with Crippen LogP contribution in [-0.4, -0.2) is 61.4 Å². The van der Waals surface area contributed by atoms with Crippen LogP contribution in [0.3, 0.4) is 0 Å². The standard InChI is InChI=1S/C30H27F2N7O4/c1-15-21-10-19(31)4-6-25(21)43-28(15)16(2)36-30(42)24-11-20(32)13-38(24)26(40)14-39-23-5-3-17(18-7-8-34-35-12-18)9-22(23)27(37-39)29(33)41/h3-10,12,16,20,24H,11,13-14H2,1-2H3,(H2,33,41)(H,36,42)/t16-,20+,24-/m0/s1. The van der Waals surface area contributed by atoms with Crippen LogP contribution in [0.15, 0.2) is 59.3 Å². The van der Waals surface area contributed by atoms with Gasteiger partial charge in [0, 0.05) is 28.3 Å². The monoisotopic (exact) mass is 587 g/mol. The fraction of sp³-hybridized carbons (Fsp3) is 0.267. The fourth-order valence-corrected chi connectivity index (χ4v) is 5.65. The van der Waals surface area contributed by atoms with E-state index in [1.807, 2.05) is 0 Å². The van der Waals surface area contributed by atoms with Crippen molar-refractivity contribution in [1.82, 2.24) is 30.2 Å². The summed E-state index contributed by atoms with van der Waals surface area (Å²) in [6.07, 6.45) is 1.53. The molecule has 1 fully saturated rings. The smallest absolute Gasteiger partial charge is 0.269 e. The number of primary amides is 1. The first kappa shape index (κ1) is 27.9. The van der Waals surface area contributed by atoms with Gasteiger partial charge in [0.25, 0.3) is 5.91 Å². The lowest BCUT2D eigenvalue weighted by atomic mass is 10.0. The Morgan fingerprint density at radius 3 is 2.67 bits per heavy atom. The van der Waals surface area contributed by atoms with E-state index in [1.165, 1.54) is 34.0 Å². The summed E-state index contributed by atoms with van der Waals surface area (Å²) in [6, 6.07) is 9.42. The topological polar surface area (TPSA) is 149 Å². The van der Waals surface area contributed by atoms with E-state index in [4.69, 9.17) is 10.2 Å². The van der Waals surface area contributed by atoms with E-state index in [0.29, 0.717) is 33.2 Å². The molecule has 0 bridgehead atoms. The van der Waals surface area contributed by atoms with Crippen LogP contribution in [0.1, 0.15) is 41.2 Å². The Morgan fingerprint density at radius 2 is 1.93 bits per heavy atom. The van der Waals surface area contributed by atoms with Crippen molar-refractivity contribution in [2.75, 3.05) is 6.54 Å². The molecule has 0 unspecified atom stereocenters. The van der Waals surface area contributed by atoms with Gasteiger partial charge in [0.1, 0.15) is 35.9 Å². The SMILES string of the molecule is Cc1c([C@H](C)NC(=O)[C@@H]2C[C@@H](F)CN2C(=O)Cn2nc(C(N)=O)c3cc(-c4ccnnc4)ccc32)oc2ccc(F)cc12. The van der Waals surface area contributed by atoms with Crippen LogP contribution in [0.25, 0.3) is 33.0 Å². The van der Waals surface area contributed by atoms with Gasteiger partial charge in [-0.05, 0) is 55.8 Å². The van der Waals surface area contributed by atoms with Crippen LogP contribution in [0, 0.1) is 12.7 Å². The number of amides is 3. The molecule has 2 aromatic carbocycles. The second kappa shape index (κ2) is 10.9. The van der Waals surface area contributed by atoms with Crippen molar-refractivity contribution in [2.24, 2.45) is 5.73 Å². The molecule has 1 aliphatic heterocycles. The van der Waals surface area contributed by atoms with E-state index in [1.54, 1.807) is 44.3 Å². The van der Waals surface area contributed by atoms with Gasteiger partial charge < -0.3 is 20.4 Å². The predicted octanol–water partition coefficient (Wildman–Crippen LogP) is 3.60. The van der Waals surface area contributed by atoms with Crippen LogP contribution in [0.2, 0.25) is 0 Å². The Kier molecular flexibility index (Phi) is 7.08. The van der Waals surface area contributed by atoms with Crippen LogP contribution in [-0.2, 0) is 16.1 Å². The molecule has 4 heterocycles. The van der Waals surface area contributed by atoms with Gasteiger partial charge in [0.2, 0.25) is 11.8 Å². The quantitative estimate of drug-likeness (QED) is 0.295. The highest BCUT2D eigenvalue weighted by Gasteiger charge is 2.40. The number of alkyl halides is 1. The van der Waals surface area contributed by atoms with Crippen molar-refractivity contribution >= 4 is 39.6 Å². The first-order valence-corrected chi connectivity index (χ1v) is 13.6. The molecule has 3 amide bonds. The number of carbonyl (C=O) groups excluding carboxylic acids is 3. The molecular weight excluding hydrogens is 560 g/mol. The molecule has 0 spiro atoms. The van der Waals surface area contributed by atoms with Crippen LogP contribution < -0.4 is 11.1 Å². The number of carbonyl (C=O) groups is 3. The molecule has 1 saturated heterocycles. The van der Waals surface area contributed by atoms with E-state index >= 15 is 0 Å². The number of fused-ring (bicyclic) bond motifs is 2. The molecule has 3 atom stereocenters. The predicted molar refractivity (Wildman–Crippen MR) is 152 cm³/mol. The Hall–Kier alpha value is -5.20. The number of nitrogens with zero attached hydrogens (tertiary/aromatic N) is 5. The molecule has 13 heteroatoms. The number of nitrogens with one attached hydrogen (secondary N) is 1. The number of benzene rings is 2. The largest absolute Gasteiger partial charge is 0.459 e. The third-order valence-corrected chi connectivity index (χ3v) is 7.75. The number of nitrogens with two attached hydrogens (primary N) is 1. The maximum absolute atomic E-state index is 14.6. The lowest BCUT2D eigenvalue weighted by molar-refractivity contribution is -0.139. The molecule has 1 aliphatic rings. The number of aromatic nitrogens is 4. The molecule has 220 valence electrons. The lowest BCUT2D eigenvalue weighted by Crippen LogP contribution is -2.47. The average Bonchev–Trinajstić information content (AvgIpc) is 3.66. The Morgan fingerprint density at radius 1 is 1.12 bits per heavy atom. The number of hydrogen-bond acceptors (Lipinski definition) is 7. The van der Waals surface area contributed by atoms with Crippen molar-refractivity contribution in [2.45, 2.75) is 45.1 Å². The van der Waals surface area contributed by atoms with Gasteiger partial charge >= 0.3 is 0 Å². The van der Waals surface area contributed by atoms with Crippen molar-refractivity contribution in [3.05, 3.63) is 77.7 Å². The van der Waals surface area contributed by atoms with Gasteiger partial charge in [0.05, 0.1) is 30.5 Å². The van der Waals surface area contributed by atoms with Gasteiger partial charge in [-0.3, -0.25) is 19.1 Å². The van der Waals surface area contributed by atoms with Gasteiger partial charge in [-0.2, -0.15) is 15.3 Å². The van der Waals surface area contributed by atoms with E-state index in [0.717, 1.165) is 11.1 Å². The maximum atomic E-state index is 14.6. The van der Waals surface area contributed by atoms with E-state index < -0.39 is 41.8 Å². The Labute approximate surface area is 243 Å². The van der Waals surface area contributed by atoms with Crippen molar-refractivity contribution < 1.29 is 27.6 Å². The number of rotatable bonds is 7. The second-order valence-electron chi connectivity index (χ2n) is 10.6. The molecule has 3 aromatic heterocycles. The molecular formula is C30H27F2N7O4. The zero-order valence-corrected chi connectivity index (χ0v) is 23.3. The van der Waals surface area contributed by atoms with Gasteiger partial charge in [-0.25, -0.2) is 8.78 Å². The van der Waals surface area contributed by atoms with Crippen LogP contribution in [0.5, 0.6) is 0 Å². The first-order valence-electron chi connectivity index (χ1n) is 13.6. The summed E-state index contributed by atoms with van der Waals surface area (Å²) in [5.41, 5.74) is 8.68. The molecule has 6 rings (SSSR count). The Balaban J connectivity index is 1.23. The highest BCUT2D eigenvalue weighted by Crippen LogP contribution is 2.31. The fourth-order valence-electron chi connectivity index (χ4n) is 5.65. The minimum absolute atomic E-state index is 0.0272. The summed E-state index contributed by atoms with van der Waals surface area (Å²) in [6.45, 7) is 2.85. The maximum Gasteiger partial charge on any atom is 0.269 e. The summed E-state index contributed by atoms with van der Waals surface area (Å²) in [5.74, 6) is -1.85. The van der Waals surface area contributed by atoms with Gasteiger partial charge in [-0.15, -0.1) is 0 Å². The Bertz CT molecular complexity index is 1890. The minimum Gasteiger partial charge on any atom is -0.459 e. The molecule has 43 heavy (non-hydrogen) atoms. The summed E-state index contributed by atoms with van der Waals surface area (Å²) in [4.78, 5) is 40.2. The lowest BCUT2D eigenvalue weighted by Gasteiger charge is -2.25. The summed E-state index contributed by atoms with van der Waals surface area (Å²) < 4.78 is 35.6. The van der Waals surface area contributed by atoms with E-state index in [2.05, 4.69) is 20.6 Å². The van der Waals surface area contributed by atoms with Crippen molar-refractivity contribution in [3.8, 4) is 11.1 Å². The van der Waals surface area contributed by atoms with Crippen molar-refractivity contribution in [3.63, 3.8) is 0 Å². The van der Waals surface area contributed by atoms with Gasteiger partial charge in [0.15, 0.2) is 5.69 Å². The number of halogens is 2. The first-order chi connectivity index (χ1) is 20.6. The second-order valence-corrected chi connectivity index (χ2v) is 10.6. The number of likely N-dealkylation sites (tertiary alicyclic amines) is 1. The minimum atomic E-state index is -1.40. The third-order valence-electron chi connectivity index (χ3n) is 7.75. The van der Waals surface area contributed by atoms with E-state index in [9.17, 15) is 23.2 Å². The molecule has 0 aliphatic carbocycles. The number of furan rings is 1. The zero-order valence-electron chi connectivity index (χ0n) is 23.3. The highest BCUT2D eigenvalue weighted by atomic mass is 19.1. The molecule has 0 saturated carbocycles. The zero-order chi connectivity index (χ0) is 30.4. The number of aryl methyl sites for hydroxylation is 1. The summed E-state index contributed by atoms with van der Waals surface area (Å²) in [7, 11) is 0. The number of hydrogen-bond donors (Lipinski definition) is 2. The molecule has 3 N–H and O–H groups in total. The van der Waals surface area contributed by atoms with Gasteiger partial charge in [-0.1, -0.05) is 6.07 Å². The van der Waals surface area contributed by atoms with E-state index in [-0.39, 0.29) is 25.2 Å².